The zero-order valence-corrected chi connectivity index (χ0v) is 18.2. The molecule has 0 aliphatic carbocycles. The fourth-order valence-corrected chi connectivity index (χ4v) is 3.91. The molecule has 4 rings (SSSR count). The Morgan fingerprint density at radius 2 is 1.74 bits per heavy atom. The van der Waals surface area contributed by atoms with E-state index in [4.69, 9.17) is 9.47 Å². The summed E-state index contributed by atoms with van der Waals surface area (Å²) >= 11 is 0. The van der Waals surface area contributed by atoms with Crippen molar-refractivity contribution in [2.24, 2.45) is 0 Å². The van der Waals surface area contributed by atoms with E-state index in [0.29, 0.717) is 6.42 Å². The largest absolute Gasteiger partial charge is 0.490 e. The van der Waals surface area contributed by atoms with Gasteiger partial charge in [-0.05, 0) is 62.0 Å². The van der Waals surface area contributed by atoms with Crippen molar-refractivity contribution in [3.63, 3.8) is 0 Å². The molecule has 0 bridgehead atoms. The van der Waals surface area contributed by atoms with E-state index < -0.39 is 6.10 Å². The second-order valence-corrected chi connectivity index (χ2v) is 8.13. The van der Waals surface area contributed by atoms with Gasteiger partial charge in [-0.15, -0.1) is 0 Å². The molecule has 5 nitrogen and oxygen atoms in total. The second kappa shape index (κ2) is 9.84. The van der Waals surface area contributed by atoms with Crippen LogP contribution >= 0.6 is 0 Å². The molecule has 1 heterocycles. The number of hydrogen-bond donors (Lipinski definition) is 1. The van der Waals surface area contributed by atoms with Crippen LogP contribution in [0.15, 0.2) is 66.7 Å². The van der Waals surface area contributed by atoms with Crippen LogP contribution in [0.2, 0.25) is 0 Å². The van der Waals surface area contributed by atoms with E-state index >= 15 is 0 Å². The van der Waals surface area contributed by atoms with E-state index in [2.05, 4.69) is 17.3 Å². The van der Waals surface area contributed by atoms with E-state index in [1.165, 1.54) is 0 Å². The third-order valence-corrected chi connectivity index (χ3v) is 5.77. The average Bonchev–Trinajstić information content (AvgIpc) is 2.80. The van der Waals surface area contributed by atoms with Crippen molar-refractivity contribution >= 4 is 22.4 Å². The normalized spacial score (nSPS) is 16.1. The van der Waals surface area contributed by atoms with Crippen LogP contribution in [0, 0.1) is 0 Å². The summed E-state index contributed by atoms with van der Waals surface area (Å²) in [5.74, 6) is 1.41. The Kier molecular flexibility index (Phi) is 6.73. The van der Waals surface area contributed by atoms with E-state index in [1.807, 2.05) is 73.7 Å². The van der Waals surface area contributed by atoms with Crippen molar-refractivity contribution in [1.29, 1.82) is 0 Å². The van der Waals surface area contributed by atoms with Crippen LogP contribution in [-0.4, -0.2) is 43.2 Å². The molecule has 5 heteroatoms. The first-order chi connectivity index (χ1) is 15.1. The minimum absolute atomic E-state index is 0.153. The van der Waals surface area contributed by atoms with Gasteiger partial charge in [-0.3, -0.25) is 4.79 Å². The molecule has 31 heavy (non-hydrogen) atoms. The summed E-state index contributed by atoms with van der Waals surface area (Å²) in [7, 11) is 2.14. The van der Waals surface area contributed by atoms with Crippen molar-refractivity contribution in [2.45, 2.75) is 38.4 Å². The summed E-state index contributed by atoms with van der Waals surface area (Å²) in [6.45, 7) is 4.08. The van der Waals surface area contributed by atoms with Crippen LogP contribution in [-0.2, 0) is 4.79 Å². The van der Waals surface area contributed by atoms with E-state index in [0.717, 1.165) is 53.9 Å². The fraction of sp³-hybridized carbons (Fsp3) is 0.346. The van der Waals surface area contributed by atoms with Gasteiger partial charge in [0.05, 0.1) is 0 Å². The molecule has 1 amide bonds. The van der Waals surface area contributed by atoms with Gasteiger partial charge in [-0.25, -0.2) is 0 Å². The van der Waals surface area contributed by atoms with Gasteiger partial charge in [-0.2, -0.15) is 0 Å². The summed E-state index contributed by atoms with van der Waals surface area (Å²) in [4.78, 5) is 15.2. The lowest BCUT2D eigenvalue weighted by molar-refractivity contribution is -0.122. The number of fused-ring (bicyclic) bond motifs is 1. The maximum Gasteiger partial charge on any atom is 0.265 e. The summed E-state index contributed by atoms with van der Waals surface area (Å²) in [6.07, 6.45) is 2.35. The van der Waals surface area contributed by atoms with Gasteiger partial charge in [0, 0.05) is 24.2 Å². The highest BCUT2D eigenvalue weighted by Crippen LogP contribution is 2.27. The van der Waals surface area contributed by atoms with Crippen molar-refractivity contribution in [3.05, 3.63) is 66.7 Å². The molecule has 3 aromatic carbocycles. The standard InChI is InChI=1S/C26H30N2O3/c1-3-24(31-25-10-6-8-19-7-4-5-9-23(19)25)26(29)27-20-11-13-21(14-12-20)30-22-15-17-28(2)18-16-22/h4-14,22,24H,3,15-18H2,1-2H3,(H,27,29)/t24-/m1/s1. The Balaban J connectivity index is 1.37. The Hall–Kier alpha value is -3.05. The molecule has 1 N–H and O–H groups in total. The monoisotopic (exact) mass is 418 g/mol. The number of likely N-dealkylation sites (tertiary alicyclic amines) is 1. The third kappa shape index (κ3) is 5.36. The summed E-state index contributed by atoms with van der Waals surface area (Å²) in [5.41, 5.74) is 0.737. The number of carbonyl (C=O) groups excluding carboxylic acids is 1. The van der Waals surface area contributed by atoms with Crippen LogP contribution in [0.4, 0.5) is 5.69 Å². The first kappa shape index (κ1) is 21.2. The number of piperidine rings is 1. The zero-order chi connectivity index (χ0) is 21.6. The van der Waals surface area contributed by atoms with Gasteiger partial charge < -0.3 is 19.7 Å². The number of nitrogens with zero attached hydrogens (tertiary/aromatic N) is 1. The SMILES string of the molecule is CC[C@@H](Oc1cccc2ccccc12)C(=O)Nc1ccc(OC2CCN(C)CC2)cc1. The first-order valence-electron chi connectivity index (χ1n) is 11.0. The number of nitrogens with one attached hydrogen (secondary N) is 1. The lowest BCUT2D eigenvalue weighted by Crippen LogP contribution is -2.35. The maximum absolute atomic E-state index is 12.8. The minimum Gasteiger partial charge on any atom is -0.490 e. The highest BCUT2D eigenvalue weighted by molar-refractivity contribution is 5.95. The molecular formula is C26H30N2O3. The number of carbonyl (C=O) groups is 1. The van der Waals surface area contributed by atoms with Gasteiger partial charge >= 0.3 is 0 Å². The zero-order valence-electron chi connectivity index (χ0n) is 18.2. The van der Waals surface area contributed by atoms with Crippen molar-refractivity contribution < 1.29 is 14.3 Å². The number of anilines is 1. The van der Waals surface area contributed by atoms with Crippen molar-refractivity contribution in [1.82, 2.24) is 4.90 Å². The quantitative estimate of drug-likeness (QED) is 0.579. The van der Waals surface area contributed by atoms with Gasteiger partial charge in [0.1, 0.15) is 17.6 Å². The topological polar surface area (TPSA) is 50.8 Å². The molecule has 0 radical (unpaired) electrons. The molecule has 1 aliphatic heterocycles. The van der Waals surface area contributed by atoms with Crippen LogP contribution in [0.1, 0.15) is 26.2 Å². The van der Waals surface area contributed by atoms with Crippen LogP contribution in [0.5, 0.6) is 11.5 Å². The lowest BCUT2D eigenvalue weighted by Gasteiger charge is -2.29. The summed E-state index contributed by atoms with van der Waals surface area (Å²) in [5, 5.41) is 5.07. The third-order valence-electron chi connectivity index (χ3n) is 5.77. The predicted molar refractivity (Wildman–Crippen MR) is 125 cm³/mol. The Bertz CT molecular complexity index is 1010. The molecule has 0 spiro atoms. The smallest absolute Gasteiger partial charge is 0.265 e. The average molecular weight is 419 g/mol. The van der Waals surface area contributed by atoms with Crippen LogP contribution < -0.4 is 14.8 Å². The highest BCUT2D eigenvalue weighted by Gasteiger charge is 2.20. The number of benzene rings is 3. The number of rotatable bonds is 7. The molecule has 0 unspecified atom stereocenters. The molecule has 1 atom stereocenters. The second-order valence-electron chi connectivity index (χ2n) is 8.13. The van der Waals surface area contributed by atoms with Gasteiger partial charge in [-0.1, -0.05) is 43.3 Å². The molecule has 0 aromatic heterocycles. The predicted octanol–water partition coefficient (Wildman–Crippen LogP) is 5.11. The fourth-order valence-electron chi connectivity index (χ4n) is 3.91. The van der Waals surface area contributed by atoms with Crippen molar-refractivity contribution in [2.75, 3.05) is 25.5 Å². The molecular weight excluding hydrogens is 388 g/mol. The van der Waals surface area contributed by atoms with Crippen LogP contribution in [0.3, 0.4) is 0 Å². The molecule has 162 valence electrons. The summed E-state index contributed by atoms with van der Waals surface area (Å²) in [6, 6.07) is 21.5. The first-order valence-corrected chi connectivity index (χ1v) is 11.0. The Labute approximate surface area is 184 Å². The van der Waals surface area contributed by atoms with E-state index in [-0.39, 0.29) is 12.0 Å². The molecule has 1 fully saturated rings. The van der Waals surface area contributed by atoms with Crippen molar-refractivity contribution in [3.8, 4) is 11.5 Å². The molecule has 1 saturated heterocycles. The van der Waals surface area contributed by atoms with E-state index in [1.54, 1.807) is 0 Å². The van der Waals surface area contributed by atoms with Gasteiger partial charge in [0.15, 0.2) is 6.10 Å². The number of hydrogen-bond acceptors (Lipinski definition) is 4. The molecule has 0 saturated carbocycles. The minimum atomic E-state index is -0.569. The maximum atomic E-state index is 12.8. The number of ether oxygens (including phenoxy) is 2. The number of amides is 1. The Morgan fingerprint density at radius 3 is 2.48 bits per heavy atom. The van der Waals surface area contributed by atoms with Gasteiger partial charge in [0.25, 0.3) is 5.91 Å². The highest BCUT2D eigenvalue weighted by atomic mass is 16.5. The molecule has 1 aliphatic rings. The lowest BCUT2D eigenvalue weighted by atomic mass is 10.1. The summed E-state index contributed by atoms with van der Waals surface area (Å²) < 4.78 is 12.2. The van der Waals surface area contributed by atoms with Crippen LogP contribution in [0.25, 0.3) is 10.8 Å². The Morgan fingerprint density at radius 1 is 1.03 bits per heavy atom. The van der Waals surface area contributed by atoms with E-state index in [9.17, 15) is 4.79 Å². The molecule has 3 aromatic rings. The van der Waals surface area contributed by atoms with Gasteiger partial charge in [0.2, 0.25) is 0 Å².